The lowest BCUT2D eigenvalue weighted by Crippen LogP contribution is -2.32. The lowest BCUT2D eigenvalue weighted by Gasteiger charge is -2.27. The number of nitrogens with two attached hydrogens (primary N) is 1. The van der Waals surface area contributed by atoms with Gasteiger partial charge in [-0.25, -0.2) is 0 Å². The number of hydrogen-bond acceptors (Lipinski definition) is 2. The smallest absolute Gasteiger partial charge is 0.00746 e. The van der Waals surface area contributed by atoms with Crippen LogP contribution in [0.15, 0.2) is 0 Å². The van der Waals surface area contributed by atoms with E-state index in [-0.39, 0.29) is 0 Å². The zero-order chi connectivity index (χ0) is 8.91. The van der Waals surface area contributed by atoms with Crippen molar-refractivity contribution in [2.75, 3.05) is 19.6 Å². The fraction of sp³-hybridized carbons (Fsp3) is 1.00. The van der Waals surface area contributed by atoms with Gasteiger partial charge in [0.2, 0.25) is 0 Å². The second-order valence-electron chi connectivity index (χ2n) is 4.26. The molecule has 1 unspecified atom stereocenters. The minimum absolute atomic E-state index is 0.404. The van der Waals surface area contributed by atoms with E-state index < -0.39 is 0 Å². The van der Waals surface area contributed by atoms with Crippen LogP contribution in [-0.2, 0) is 0 Å². The van der Waals surface area contributed by atoms with Crippen molar-refractivity contribution < 1.29 is 0 Å². The van der Waals surface area contributed by atoms with Crippen LogP contribution < -0.4 is 11.1 Å². The zero-order valence-electron chi connectivity index (χ0n) is 8.28. The predicted octanol–water partition coefficient (Wildman–Crippen LogP) is 1.22. The summed E-state index contributed by atoms with van der Waals surface area (Å²) in [5, 5.41) is 3.32. The van der Waals surface area contributed by atoms with E-state index in [0.29, 0.717) is 11.3 Å². The van der Waals surface area contributed by atoms with E-state index in [9.17, 15) is 0 Å². The van der Waals surface area contributed by atoms with Gasteiger partial charge in [0.1, 0.15) is 0 Å². The van der Waals surface area contributed by atoms with Crippen LogP contribution in [0.3, 0.4) is 0 Å². The highest BCUT2D eigenvalue weighted by Gasteiger charge is 2.18. The minimum Gasteiger partial charge on any atom is -0.329 e. The predicted molar refractivity (Wildman–Crippen MR) is 50.5 cm³/mol. The van der Waals surface area contributed by atoms with Crippen molar-refractivity contribution in [2.24, 2.45) is 17.1 Å². The SMILES string of the molecule is CC(CNCCN)C(C)(C)C. The molecule has 0 rings (SSSR count). The maximum absolute atomic E-state index is 5.36. The molecular formula is C9H22N2. The summed E-state index contributed by atoms with van der Waals surface area (Å²) in [6.07, 6.45) is 0. The third kappa shape index (κ3) is 5.22. The van der Waals surface area contributed by atoms with Crippen LogP contribution >= 0.6 is 0 Å². The van der Waals surface area contributed by atoms with E-state index in [0.717, 1.165) is 19.6 Å². The van der Waals surface area contributed by atoms with E-state index in [1.54, 1.807) is 0 Å². The molecule has 2 nitrogen and oxygen atoms in total. The third-order valence-corrected chi connectivity index (χ3v) is 2.25. The zero-order valence-corrected chi connectivity index (χ0v) is 8.28. The highest BCUT2D eigenvalue weighted by atomic mass is 14.9. The molecule has 0 saturated heterocycles. The van der Waals surface area contributed by atoms with Gasteiger partial charge in [0.05, 0.1) is 0 Å². The van der Waals surface area contributed by atoms with Crippen LogP contribution in [0.2, 0.25) is 0 Å². The molecule has 0 saturated carbocycles. The summed E-state index contributed by atoms with van der Waals surface area (Å²) in [4.78, 5) is 0. The van der Waals surface area contributed by atoms with Crippen molar-refractivity contribution >= 4 is 0 Å². The summed E-state index contributed by atoms with van der Waals surface area (Å²) in [6.45, 7) is 11.8. The van der Waals surface area contributed by atoms with Gasteiger partial charge in [0, 0.05) is 13.1 Å². The molecule has 0 aromatic carbocycles. The Morgan fingerprint density at radius 2 is 1.91 bits per heavy atom. The number of nitrogens with one attached hydrogen (secondary N) is 1. The topological polar surface area (TPSA) is 38.0 Å². The van der Waals surface area contributed by atoms with Crippen LogP contribution in [-0.4, -0.2) is 19.6 Å². The molecule has 68 valence electrons. The van der Waals surface area contributed by atoms with E-state index in [1.165, 1.54) is 0 Å². The quantitative estimate of drug-likeness (QED) is 0.604. The highest BCUT2D eigenvalue weighted by molar-refractivity contribution is 4.71. The molecule has 0 aromatic rings. The summed E-state index contributed by atoms with van der Waals surface area (Å²) in [5.74, 6) is 0.703. The van der Waals surface area contributed by atoms with E-state index in [2.05, 4.69) is 33.0 Å². The Labute approximate surface area is 70.5 Å². The molecule has 1 atom stereocenters. The molecule has 0 aliphatic heterocycles. The first-order valence-corrected chi connectivity index (χ1v) is 4.39. The molecule has 0 aliphatic rings. The fourth-order valence-corrected chi connectivity index (χ4v) is 0.727. The Hall–Kier alpha value is -0.0800. The molecule has 3 N–H and O–H groups in total. The number of hydrogen-bond donors (Lipinski definition) is 2. The van der Waals surface area contributed by atoms with Gasteiger partial charge in [-0.1, -0.05) is 27.7 Å². The molecule has 0 fully saturated rings. The third-order valence-electron chi connectivity index (χ3n) is 2.25. The summed E-state index contributed by atoms with van der Waals surface area (Å²) >= 11 is 0. The van der Waals surface area contributed by atoms with Crippen LogP contribution in [0.1, 0.15) is 27.7 Å². The highest BCUT2D eigenvalue weighted by Crippen LogP contribution is 2.24. The molecule has 0 heterocycles. The molecule has 2 heteroatoms. The molecule has 0 spiro atoms. The first-order chi connectivity index (χ1) is 4.98. The molecule has 0 amide bonds. The largest absolute Gasteiger partial charge is 0.329 e. The molecule has 0 aliphatic carbocycles. The van der Waals surface area contributed by atoms with Crippen molar-refractivity contribution in [3.63, 3.8) is 0 Å². The van der Waals surface area contributed by atoms with Gasteiger partial charge in [-0.15, -0.1) is 0 Å². The van der Waals surface area contributed by atoms with Gasteiger partial charge in [0.15, 0.2) is 0 Å². The van der Waals surface area contributed by atoms with Crippen LogP contribution in [0.5, 0.6) is 0 Å². The molecule has 0 aromatic heterocycles. The lowest BCUT2D eigenvalue weighted by atomic mass is 9.82. The number of rotatable bonds is 4. The van der Waals surface area contributed by atoms with Crippen molar-refractivity contribution in [3.8, 4) is 0 Å². The van der Waals surface area contributed by atoms with Crippen LogP contribution in [0.25, 0.3) is 0 Å². The van der Waals surface area contributed by atoms with E-state index in [4.69, 9.17) is 5.73 Å². The van der Waals surface area contributed by atoms with Gasteiger partial charge >= 0.3 is 0 Å². The Morgan fingerprint density at radius 1 is 1.36 bits per heavy atom. The lowest BCUT2D eigenvalue weighted by molar-refractivity contribution is 0.254. The van der Waals surface area contributed by atoms with Crippen molar-refractivity contribution in [3.05, 3.63) is 0 Å². The van der Waals surface area contributed by atoms with Gasteiger partial charge in [-0.2, -0.15) is 0 Å². The molecule has 0 radical (unpaired) electrons. The molecular weight excluding hydrogens is 136 g/mol. The summed E-state index contributed by atoms with van der Waals surface area (Å²) in [5.41, 5.74) is 5.77. The maximum Gasteiger partial charge on any atom is 0.00746 e. The second kappa shape index (κ2) is 4.73. The fourth-order valence-electron chi connectivity index (χ4n) is 0.727. The van der Waals surface area contributed by atoms with Gasteiger partial charge in [-0.05, 0) is 17.9 Å². The van der Waals surface area contributed by atoms with E-state index in [1.807, 2.05) is 0 Å². The minimum atomic E-state index is 0.404. The average molecular weight is 158 g/mol. The summed E-state index contributed by atoms with van der Waals surface area (Å²) in [6, 6.07) is 0. The van der Waals surface area contributed by atoms with Crippen LogP contribution in [0, 0.1) is 11.3 Å². The monoisotopic (exact) mass is 158 g/mol. The van der Waals surface area contributed by atoms with Crippen molar-refractivity contribution in [1.29, 1.82) is 0 Å². The van der Waals surface area contributed by atoms with Gasteiger partial charge in [-0.3, -0.25) is 0 Å². The summed E-state index contributed by atoms with van der Waals surface area (Å²) in [7, 11) is 0. The van der Waals surface area contributed by atoms with E-state index >= 15 is 0 Å². The Kier molecular flexibility index (Phi) is 4.69. The Morgan fingerprint density at radius 3 is 2.27 bits per heavy atom. The standard InChI is InChI=1S/C9H22N2/c1-8(9(2,3)4)7-11-6-5-10/h8,11H,5-7,10H2,1-4H3. The van der Waals surface area contributed by atoms with Crippen molar-refractivity contribution in [2.45, 2.75) is 27.7 Å². The Bertz CT molecular complexity index is 94.2. The first kappa shape index (κ1) is 10.9. The van der Waals surface area contributed by atoms with Gasteiger partial charge in [0.25, 0.3) is 0 Å². The molecule has 0 bridgehead atoms. The molecule has 11 heavy (non-hydrogen) atoms. The normalized spacial score (nSPS) is 15.0. The first-order valence-electron chi connectivity index (χ1n) is 4.39. The second-order valence-corrected chi connectivity index (χ2v) is 4.26. The van der Waals surface area contributed by atoms with Gasteiger partial charge < -0.3 is 11.1 Å². The van der Waals surface area contributed by atoms with Crippen LogP contribution in [0.4, 0.5) is 0 Å². The summed E-state index contributed by atoms with van der Waals surface area (Å²) < 4.78 is 0. The maximum atomic E-state index is 5.36. The Balaban J connectivity index is 3.44. The average Bonchev–Trinajstić information content (AvgIpc) is 1.86. The van der Waals surface area contributed by atoms with Crippen molar-refractivity contribution in [1.82, 2.24) is 5.32 Å².